The molecule has 3 N–H and O–H groups in total. The van der Waals surface area contributed by atoms with Gasteiger partial charge < -0.3 is 34.2 Å². The molecule has 382 valence electrons. The van der Waals surface area contributed by atoms with Gasteiger partial charge in [0.2, 0.25) is 11.8 Å². The number of carbonyl (C=O) groups is 4. The Hall–Kier alpha value is -7.02. The van der Waals surface area contributed by atoms with Crippen LogP contribution >= 0.6 is 0 Å². The van der Waals surface area contributed by atoms with Crippen LogP contribution in [0.25, 0.3) is 32.9 Å². The summed E-state index contributed by atoms with van der Waals surface area (Å²) in [7, 11) is 0. The maximum Gasteiger partial charge on any atom is 0.319 e. The molecule has 6 aromatic rings. The summed E-state index contributed by atoms with van der Waals surface area (Å²) in [5, 5.41) is 15.1. The van der Waals surface area contributed by atoms with Crippen LogP contribution in [-0.2, 0) is 34.0 Å². The van der Waals surface area contributed by atoms with Gasteiger partial charge in [0.05, 0.1) is 24.9 Å². The van der Waals surface area contributed by atoms with E-state index < -0.39 is 11.9 Å². The average molecular weight is 1000 g/mol. The van der Waals surface area contributed by atoms with E-state index in [0.29, 0.717) is 91.9 Å². The van der Waals surface area contributed by atoms with Crippen molar-refractivity contribution < 1.29 is 37.8 Å². The van der Waals surface area contributed by atoms with Gasteiger partial charge in [0.25, 0.3) is 11.8 Å². The third kappa shape index (κ3) is 8.49. The summed E-state index contributed by atoms with van der Waals surface area (Å²) in [5.74, 6) is 0.306. The van der Waals surface area contributed by atoms with E-state index in [1.165, 1.54) is 6.07 Å². The molecule has 6 aliphatic heterocycles. The van der Waals surface area contributed by atoms with Gasteiger partial charge in [-0.25, -0.2) is 4.39 Å². The minimum atomic E-state index is -0.656. The summed E-state index contributed by atoms with van der Waals surface area (Å²) in [5.41, 5.74) is 8.26. The molecule has 18 heteroatoms. The van der Waals surface area contributed by atoms with Crippen LogP contribution in [0.4, 0.5) is 10.2 Å². The van der Waals surface area contributed by atoms with Crippen LogP contribution in [0.2, 0.25) is 0 Å². The van der Waals surface area contributed by atoms with Crippen molar-refractivity contribution in [3.8, 4) is 22.9 Å². The van der Waals surface area contributed by atoms with Crippen molar-refractivity contribution >= 4 is 51.3 Å². The molecule has 8 heterocycles. The number of carbonyl (C=O) groups excluding carboxylic acids is 4. The number of amides is 4. The minimum absolute atomic E-state index is 0.0440. The number of aromatic nitrogens is 4. The molecule has 4 amide bonds. The van der Waals surface area contributed by atoms with Crippen LogP contribution in [0.5, 0.6) is 11.8 Å². The molecule has 1 saturated carbocycles. The van der Waals surface area contributed by atoms with E-state index in [0.717, 1.165) is 95.2 Å². The number of aromatic amines is 1. The molecule has 0 radical (unpaired) electrons. The largest absolute Gasteiger partial charge is 0.486 e. The second kappa shape index (κ2) is 18.7. The smallest absolute Gasteiger partial charge is 0.319 e. The van der Waals surface area contributed by atoms with Crippen LogP contribution in [-0.4, -0.2) is 135 Å². The monoisotopic (exact) mass is 1000 g/mol. The highest BCUT2D eigenvalue weighted by atomic mass is 19.1. The number of hydrogen-bond donors (Lipinski definition) is 3. The fourth-order valence-electron chi connectivity index (χ4n) is 12.4. The molecule has 4 atom stereocenters. The zero-order valence-electron chi connectivity index (χ0n) is 41.6. The van der Waals surface area contributed by atoms with E-state index in [9.17, 15) is 19.2 Å². The highest BCUT2D eigenvalue weighted by molar-refractivity contribution is 6.07. The number of anilines is 1. The quantitative estimate of drug-likeness (QED) is 0.116. The number of piperidine rings is 1. The molecule has 0 spiro atoms. The maximum absolute atomic E-state index is 16.1. The molecular weight excluding hydrogens is 944 g/mol. The van der Waals surface area contributed by atoms with E-state index in [2.05, 4.69) is 43.6 Å². The Kier molecular flexibility index (Phi) is 11.8. The number of piperazine rings is 2. The van der Waals surface area contributed by atoms with Gasteiger partial charge in [0, 0.05) is 116 Å². The molecule has 17 nitrogen and oxygen atoms in total. The summed E-state index contributed by atoms with van der Waals surface area (Å²) in [4.78, 5) is 70.5. The average Bonchev–Trinajstić information content (AvgIpc) is 3.63. The van der Waals surface area contributed by atoms with Crippen molar-refractivity contribution in [2.24, 2.45) is 0 Å². The molecule has 13 rings (SSSR count). The Morgan fingerprint density at radius 1 is 0.905 bits per heavy atom. The molecule has 2 bridgehead atoms. The highest BCUT2D eigenvalue weighted by Crippen LogP contribution is 2.53. The summed E-state index contributed by atoms with van der Waals surface area (Å²) >= 11 is 0. The lowest BCUT2D eigenvalue weighted by Crippen LogP contribution is -2.53. The predicted octanol–water partition coefficient (Wildman–Crippen LogP) is 6.29. The third-order valence-corrected chi connectivity index (χ3v) is 16.5. The number of nitrogens with zero attached hydrogens (tertiary/aromatic N) is 7. The van der Waals surface area contributed by atoms with Crippen LogP contribution < -0.4 is 25.0 Å². The third-order valence-electron chi connectivity index (χ3n) is 16.5. The number of fused-ring (bicyclic) bond motifs is 5. The summed E-state index contributed by atoms with van der Waals surface area (Å²) < 4.78 is 35.5. The molecule has 7 aliphatic rings. The number of imide groups is 1. The van der Waals surface area contributed by atoms with Crippen LogP contribution in [0.1, 0.15) is 106 Å². The Bertz CT molecular complexity index is 3260. The van der Waals surface area contributed by atoms with E-state index >= 15 is 4.39 Å². The van der Waals surface area contributed by atoms with Gasteiger partial charge in [-0.15, -0.1) is 0 Å². The fraction of sp³-hybridized carbons (Fsp3) is 0.446. The molecule has 2 aromatic heterocycles. The Balaban J connectivity index is 0.765. The van der Waals surface area contributed by atoms with Gasteiger partial charge in [-0.2, -0.15) is 15.1 Å². The number of nitrogens with one attached hydrogen (secondary N) is 3. The van der Waals surface area contributed by atoms with Gasteiger partial charge in [0.15, 0.2) is 5.75 Å². The lowest BCUT2D eigenvalue weighted by atomic mass is 9.88. The van der Waals surface area contributed by atoms with Gasteiger partial charge >= 0.3 is 6.01 Å². The van der Waals surface area contributed by atoms with Crippen LogP contribution in [0.3, 0.4) is 0 Å². The fourth-order valence-corrected chi connectivity index (χ4v) is 12.4. The standard InChI is InChI=1S/C56H59FN10O7/c1-30-25-64(26-33-5-10-40-36(19-33)27-67(55(40)71)46-11-12-47(68)60-53(46)69)15-16-65(30)54(70)35-6-3-32(4-7-35)29-73-51-49(48-31(2)44(57)22-45-43(48)24-59-63-45)41(34-8-9-34)21-42-50(51)61-56(74-39-13-17-72-18-14-39)62-52(42)66-28-37-20-38(66)23-58-37/h3-7,10,19,21-22,24,30,34,37-39,46,58H,8-9,11-18,20,23,25-29H2,1-2H3,(H,59,63)(H,60,68,69)/t30-,37-,38-,46?/m0/s1. The number of halogens is 1. The molecule has 1 aliphatic carbocycles. The topological polar surface area (TPSA) is 187 Å². The number of H-pyrrole nitrogens is 1. The first-order valence-electron chi connectivity index (χ1n) is 26.3. The second-order valence-corrected chi connectivity index (χ2v) is 21.4. The molecule has 6 fully saturated rings. The zero-order chi connectivity index (χ0) is 50.4. The van der Waals surface area contributed by atoms with E-state index in [4.69, 9.17) is 24.2 Å². The Morgan fingerprint density at radius 3 is 2.49 bits per heavy atom. The number of hydrogen-bond acceptors (Lipinski definition) is 13. The van der Waals surface area contributed by atoms with Gasteiger partial charge in [-0.05, 0) is 104 Å². The van der Waals surface area contributed by atoms with Crippen molar-refractivity contribution in [3.63, 3.8) is 0 Å². The lowest BCUT2D eigenvalue weighted by molar-refractivity contribution is -0.136. The summed E-state index contributed by atoms with van der Waals surface area (Å²) in [6.07, 6.45) is 6.69. The first kappa shape index (κ1) is 46.7. The van der Waals surface area contributed by atoms with Crippen LogP contribution in [0.15, 0.2) is 60.8 Å². The first-order valence-corrected chi connectivity index (χ1v) is 26.3. The van der Waals surface area contributed by atoms with Gasteiger partial charge in [-0.3, -0.25) is 34.5 Å². The van der Waals surface area contributed by atoms with Gasteiger partial charge in [-0.1, -0.05) is 24.3 Å². The molecule has 5 saturated heterocycles. The number of ether oxygens (including phenoxy) is 3. The minimum Gasteiger partial charge on any atom is -0.486 e. The van der Waals surface area contributed by atoms with Crippen LogP contribution in [0, 0.1) is 12.7 Å². The van der Waals surface area contributed by atoms with Crippen molar-refractivity contribution in [1.29, 1.82) is 0 Å². The molecule has 74 heavy (non-hydrogen) atoms. The second-order valence-electron chi connectivity index (χ2n) is 21.4. The highest BCUT2D eigenvalue weighted by Gasteiger charge is 2.42. The normalized spacial score (nSPS) is 23.3. The van der Waals surface area contributed by atoms with Crippen molar-refractivity contribution in [1.82, 2.24) is 45.5 Å². The summed E-state index contributed by atoms with van der Waals surface area (Å²) in [6.45, 7) is 9.82. The van der Waals surface area contributed by atoms with E-state index in [1.54, 1.807) is 11.1 Å². The lowest BCUT2D eigenvalue weighted by Gasteiger charge is -2.40. The predicted molar refractivity (Wildman–Crippen MR) is 272 cm³/mol. The van der Waals surface area contributed by atoms with Crippen molar-refractivity contribution in [3.05, 3.63) is 106 Å². The van der Waals surface area contributed by atoms with Crippen molar-refractivity contribution in [2.45, 2.75) is 115 Å². The number of rotatable bonds is 12. The van der Waals surface area contributed by atoms with E-state index in [-0.39, 0.29) is 66.7 Å². The van der Waals surface area contributed by atoms with Gasteiger partial charge in [0.1, 0.15) is 35.9 Å². The molecule has 4 aromatic carbocycles. The maximum atomic E-state index is 16.1. The Morgan fingerprint density at radius 2 is 1.73 bits per heavy atom. The SMILES string of the molecule is Cc1c(F)cc2[nH]ncc2c1-c1c(C2CC2)cc2c(N3C[C@@H]4C[C@H]3CN4)nc(OC3CCOCC3)nc2c1OCc1ccc(C(=O)N2CCN(Cc3ccc4c(c3)CN(C3CCC(=O)NC3=O)C4=O)C[C@@H]2C)cc1. The Labute approximate surface area is 427 Å². The van der Waals surface area contributed by atoms with Crippen molar-refractivity contribution in [2.75, 3.05) is 50.8 Å². The molecule has 1 unspecified atom stereocenters. The summed E-state index contributed by atoms with van der Waals surface area (Å²) in [6, 6.07) is 17.4. The molecular formula is C56H59FN10O7. The zero-order valence-corrected chi connectivity index (χ0v) is 41.6. The van der Waals surface area contributed by atoms with E-state index in [1.807, 2.05) is 54.3 Å². The first-order chi connectivity index (χ1) is 36.0. The number of benzene rings is 4.